The van der Waals surface area contributed by atoms with E-state index >= 15 is 0 Å². The minimum atomic E-state index is 0. The van der Waals surface area contributed by atoms with E-state index in [9.17, 15) is 4.79 Å². The second kappa shape index (κ2) is 11.3. The molecule has 0 atom stereocenters. The molecule has 2 aromatic carbocycles. The van der Waals surface area contributed by atoms with Crippen LogP contribution in [0.4, 0.5) is 4.79 Å². The Morgan fingerprint density at radius 3 is 2.10 bits per heavy atom. The maximum atomic E-state index is 12.6. The first kappa shape index (κ1) is 24.1. The second-order valence-corrected chi connectivity index (χ2v) is 9.38. The molecule has 3 nitrogen and oxygen atoms in total. The van der Waals surface area contributed by atoms with Crippen LogP contribution in [-0.4, -0.2) is 42.2 Å². The molecule has 1 saturated carbocycles. The molecule has 0 aliphatic heterocycles. The van der Waals surface area contributed by atoms with Crippen LogP contribution in [0.5, 0.6) is 0 Å². The van der Waals surface area contributed by atoms with E-state index in [0.717, 1.165) is 37.1 Å². The van der Waals surface area contributed by atoms with Crippen LogP contribution in [0, 0.1) is 0 Å². The molecule has 0 saturated heterocycles. The Balaban J connectivity index is 0.00000300. The Hall–Kier alpha value is -1.20. The number of hydrogen-bond acceptors (Lipinski definition) is 3. The Morgan fingerprint density at radius 1 is 0.966 bits per heavy atom. The van der Waals surface area contributed by atoms with Crippen molar-refractivity contribution in [2.75, 3.05) is 21.1 Å². The van der Waals surface area contributed by atoms with Gasteiger partial charge in [-0.15, -0.1) is 12.4 Å². The number of benzene rings is 2. The third-order valence-electron chi connectivity index (χ3n) is 5.50. The third kappa shape index (κ3) is 6.92. The molecule has 0 N–H and O–H groups in total. The maximum Gasteiger partial charge on any atom is 0.286 e. The Labute approximate surface area is 190 Å². The normalized spacial score (nSPS) is 18.9. The SMILES string of the molecule is CN(C)Cc1ccc([C@H]2CC[C@H](N(C)C(=O)Sc3ccc(Cl)cc3)CC2)cc1.Cl. The van der Waals surface area contributed by atoms with Crippen molar-refractivity contribution in [3.8, 4) is 0 Å². The van der Waals surface area contributed by atoms with Crippen LogP contribution < -0.4 is 0 Å². The summed E-state index contributed by atoms with van der Waals surface area (Å²) < 4.78 is 0. The highest BCUT2D eigenvalue weighted by molar-refractivity contribution is 8.13. The van der Waals surface area contributed by atoms with Gasteiger partial charge in [-0.25, -0.2) is 0 Å². The van der Waals surface area contributed by atoms with Gasteiger partial charge in [-0.2, -0.15) is 0 Å². The fourth-order valence-corrected chi connectivity index (χ4v) is 4.77. The van der Waals surface area contributed by atoms with Crippen molar-refractivity contribution < 1.29 is 4.79 Å². The van der Waals surface area contributed by atoms with Crippen molar-refractivity contribution in [3.05, 3.63) is 64.7 Å². The second-order valence-electron chi connectivity index (χ2n) is 7.92. The summed E-state index contributed by atoms with van der Waals surface area (Å²) in [5.74, 6) is 0.608. The zero-order valence-corrected chi connectivity index (χ0v) is 19.7. The molecule has 0 bridgehead atoms. The smallest absolute Gasteiger partial charge is 0.286 e. The average Bonchev–Trinajstić information content (AvgIpc) is 2.69. The van der Waals surface area contributed by atoms with Crippen LogP contribution in [0.3, 0.4) is 0 Å². The molecule has 6 heteroatoms. The summed E-state index contributed by atoms with van der Waals surface area (Å²) in [7, 11) is 6.13. The zero-order valence-electron chi connectivity index (χ0n) is 17.3. The average molecular weight is 453 g/mol. The standard InChI is InChI=1S/C23H29ClN2OS.ClH/c1-25(2)16-17-4-6-18(7-5-17)19-8-12-21(13-9-19)26(3)23(27)28-22-14-10-20(24)11-15-22;/h4-7,10-11,14-15,19,21H,8-9,12-13,16H2,1-3H3;1H/t19-,21-;. The van der Waals surface area contributed by atoms with Gasteiger partial charge in [0.25, 0.3) is 5.24 Å². The number of amides is 1. The van der Waals surface area contributed by atoms with E-state index in [1.165, 1.54) is 22.9 Å². The molecule has 0 radical (unpaired) electrons. The first-order chi connectivity index (χ1) is 13.4. The largest absolute Gasteiger partial charge is 0.333 e. The fraction of sp³-hybridized carbons (Fsp3) is 0.435. The van der Waals surface area contributed by atoms with Crippen LogP contribution in [0.25, 0.3) is 0 Å². The maximum absolute atomic E-state index is 12.6. The van der Waals surface area contributed by atoms with E-state index < -0.39 is 0 Å². The van der Waals surface area contributed by atoms with Gasteiger partial charge in [-0.1, -0.05) is 35.9 Å². The summed E-state index contributed by atoms with van der Waals surface area (Å²) in [6, 6.07) is 16.9. The number of carbonyl (C=O) groups excluding carboxylic acids is 1. The van der Waals surface area contributed by atoms with Crippen molar-refractivity contribution in [2.45, 2.75) is 49.1 Å². The molecule has 0 heterocycles. The number of thioether (sulfide) groups is 1. The molecule has 1 fully saturated rings. The first-order valence-electron chi connectivity index (χ1n) is 9.86. The topological polar surface area (TPSA) is 23.6 Å². The van der Waals surface area contributed by atoms with Gasteiger partial charge in [-0.3, -0.25) is 4.79 Å². The molecule has 1 amide bonds. The lowest BCUT2D eigenvalue weighted by Gasteiger charge is -2.34. The predicted molar refractivity (Wildman–Crippen MR) is 127 cm³/mol. The Bertz CT molecular complexity index is 772. The predicted octanol–water partition coefficient (Wildman–Crippen LogP) is 6.69. The summed E-state index contributed by atoms with van der Waals surface area (Å²) >= 11 is 7.20. The molecule has 2 aromatic rings. The summed E-state index contributed by atoms with van der Waals surface area (Å²) in [5.41, 5.74) is 2.79. The van der Waals surface area contributed by atoms with E-state index in [4.69, 9.17) is 11.6 Å². The van der Waals surface area contributed by atoms with Gasteiger partial charge < -0.3 is 9.80 Å². The van der Waals surface area contributed by atoms with Crippen molar-refractivity contribution in [2.24, 2.45) is 0 Å². The molecule has 1 aliphatic carbocycles. The van der Waals surface area contributed by atoms with Crippen molar-refractivity contribution in [1.29, 1.82) is 0 Å². The Morgan fingerprint density at radius 2 is 1.55 bits per heavy atom. The quantitative estimate of drug-likeness (QED) is 0.471. The highest BCUT2D eigenvalue weighted by Crippen LogP contribution is 2.36. The summed E-state index contributed by atoms with van der Waals surface area (Å²) in [6.45, 7) is 0.977. The molecule has 0 unspecified atom stereocenters. The number of carbonyl (C=O) groups is 1. The van der Waals surface area contributed by atoms with Crippen LogP contribution in [0.15, 0.2) is 53.4 Å². The van der Waals surface area contributed by atoms with E-state index in [1.807, 2.05) is 36.2 Å². The zero-order chi connectivity index (χ0) is 20.1. The first-order valence-corrected chi connectivity index (χ1v) is 11.1. The van der Waals surface area contributed by atoms with Gasteiger partial charge in [0, 0.05) is 29.6 Å². The monoisotopic (exact) mass is 452 g/mol. The number of hydrogen-bond donors (Lipinski definition) is 0. The minimum absolute atomic E-state index is 0. The van der Waals surface area contributed by atoms with Crippen LogP contribution >= 0.6 is 35.8 Å². The minimum Gasteiger partial charge on any atom is -0.333 e. The lowest BCUT2D eigenvalue weighted by Crippen LogP contribution is -2.37. The van der Waals surface area contributed by atoms with Crippen LogP contribution in [-0.2, 0) is 6.54 Å². The number of halogens is 2. The van der Waals surface area contributed by atoms with Gasteiger partial charge in [0.1, 0.15) is 0 Å². The Kier molecular flexibility index (Phi) is 9.35. The van der Waals surface area contributed by atoms with Crippen molar-refractivity contribution in [1.82, 2.24) is 9.80 Å². The van der Waals surface area contributed by atoms with E-state index in [2.05, 4.69) is 43.3 Å². The third-order valence-corrected chi connectivity index (χ3v) is 6.72. The lowest BCUT2D eigenvalue weighted by atomic mass is 9.81. The molecule has 158 valence electrons. The van der Waals surface area contributed by atoms with E-state index in [1.54, 1.807) is 0 Å². The summed E-state index contributed by atoms with van der Waals surface area (Å²) in [6.07, 6.45) is 4.41. The number of rotatable bonds is 5. The molecule has 0 aromatic heterocycles. The van der Waals surface area contributed by atoms with Crippen molar-refractivity contribution >= 4 is 41.0 Å². The van der Waals surface area contributed by atoms with Crippen LogP contribution in [0.2, 0.25) is 5.02 Å². The van der Waals surface area contributed by atoms with Crippen molar-refractivity contribution in [3.63, 3.8) is 0 Å². The highest BCUT2D eigenvalue weighted by Gasteiger charge is 2.27. The molecular formula is C23H30Cl2N2OS. The summed E-state index contributed by atoms with van der Waals surface area (Å²) in [4.78, 5) is 17.7. The van der Waals surface area contributed by atoms with E-state index in [0.29, 0.717) is 17.0 Å². The number of nitrogens with zero attached hydrogens (tertiary/aromatic N) is 2. The highest BCUT2D eigenvalue weighted by atomic mass is 35.5. The lowest BCUT2D eigenvalue weighted by molar-refractivity contribution is 0.191. The molecule has 0 spiro atoms. The van der Waals surface area contributed by atoms with Gasteiger partial charge in [0.05, 0.1) is 0 Å². The molecule has 3 rings (SSSR count). The summed E-state index contributed by atoms with van der Waals surface area (Å²) in [5, 5.41) is 0.803. The van der Waals surface area contributed by atoms with Gasteiger partial charge in [0.15, 0.2) is 0 Å². The van der Waals surface area contributed by atoms with Gasteiger partial charge in [0.2, 0.25) is 0 Å². The molecular weight excluding hydrogens is 423 g/mol. The van der Waals surface area contributed by atoms with Crippen LogP contribution in [0.1, 0.15) is 42.7 Å². The van der Waals surface area contributed by atoms with E-state index in [-0.39, 0.29) is 17.6 Å². The van der Waals surface area contributed by atoms with Gasteiger partial charge in [-0.05, 0) is 92.9 Å². The molecule has 29 heavy (non-hydrogen) atoms. The van der Waals surface area contributed by atoms with Gasteiger partial charge >= 0.3 is 0 Å². The molecule has 1 aliphatic rings. The fourth-order valence-electron chi connectivity index (χ4n) is 3.88.